The number of aromatic hydroxyl groups is 1. The highest BCUT2D eigenvalue weighted by atomic mass is 16.4. The summed E-state index contributed by atoms with van der Waals surface area (Å²) in [5.74, 6) is -1.35. The molecular weight excluding hydrogens is 288 g/mol. The Bertz CT molecular complexity index is 923. The van der Waals surface area contributed by atoms with Crippen LogP contribution < -0.4 is 0 Å². The third kappa shape index (κ3) is 3.09. The molecule has 0 atom stereocenters. The first-order valence-electron chi connectivity index (χ1n) is 7.28. The Balaban J connectivity index is 2.03. The van der Waals surface area contributed by atoms with Crippen molar-refractivity contribution >= 4 is 28.9 Å². The summed E-state index contributed by atoms with van der Waals surface area (Å²) in [6.07, 6.45) is 3.58. The monoisotopic (exact) mass is 304 g/mol. The van der Waals surface area contributed by atoms with E-state index in [2.05, 4.69) is 0 Å². The van der Waals surface area contributed by atoms with Crippen molar-refractivity contribution in [1.82, 2.24) is 0 Å². The number of aryl methyl sites for hydroxylation is 1. The molecule has 2 N–H and O–H groups in total. The lowest BCUT2D eigenvalue weighted by Crippen LogP contribution is -2.00. The van der Waals surface area contributed by atoms with Crippen LogP contribution in [0.15, 0.2) is 54.6 Å². The summed E-state index contributed by atoms with van der Waals surface area (Å²) < 4.78 is 0. The van der Waals surface area contributed by atoms with Gasteiger partial charge in [-0.05, 0) is 46.5 Å². The normalized spacial score (nSPS) is 11.2. The summed E-state index contributed by atoms with van der Waals surface area (Å²) in [5, 5.41) is 21.4. The maximum atomic E-state index is 11.3. The van der Waals surface area contributed by atoms with E-state index in [9.17, 15) is 15.0 Å². The van der Waals surface area contributed by atoms with Gasteiger partial charge in [0.2, 0.25) is 0 Å². The van der Waals surface area contributed by atoms with Crippen LogP contribution in [0.5, 0.6) is 5.75 Å². The first-order chi connectivity index (χ1) is 11.0. The molecule has 23 heavy (non-hydrogen) atoms. The van der Waals surface area contributed by atoms with E-state index in [1.807, 2.05) is 55.5 Å². The summed E-state index contributed by atoms with van der Waals surface area (Å²) in [7, 11) is 0. The van der Waals surface area contributed by atoms with E-state index in [4.69, 9.17) is 0 Å². The number of rotatable bonds is 3. The highest BCUT2D eigenvalue weighted by Crippen LogP contribution is 2.26. The summed E-state index contributed by atoms with van der Waals surface area (Å²) in [5.41, 5.74) is 2.20. The van der Waals surface area contributed by atoms with Gasteiger partial charge >= 0.3 is 5.97 Å². The number of phenols is 1. The zero-order chi connectivity index (χ0) is 16.4. The second-order valence-electron chi connectivity index (χ2n) is 5.49. The van der Waals surface area contributed by atoms with Crippen LogP contribution >= 0.6 is 0 Å². The van der Waals surface area contributed by atoms with Crippen LogP contribution in [0.4, 0.5) is 0 Å². The molecule has 0 radical (unpaired) electrons. The molecule has 3 rings (SSSR count). The molecule has 0 bridgehead atoms. The van der Waals surface area contributed by atoms with Crippen molar-refractivity contribution in [2.24, 2.45) is 0 Å². The molecule has 3 nitrogen and oxygen atoms in total. The van der Waals surface area contributed by atoms with Crippen molar-refractivity contribution in [3.05, 3.63) is 76.9 Å². The molecular formula is C20H16O3. The van der Waals surface area contributed by atoms with E-state index in [1.54, 1.807) is 12.1 Å². The van der Waals surface area contributed by atoms with Crippen LogP contribution in [0.1, 0.15) is 27.0 Å². The number of hydrogen-bond acceptors (Lipinski definition) is 2. The molecule has 0 aliphatic carbocycles. The molecule has 3 aromatic carbocycles. The van der Waals surface area contributed by atoms with Gasteiger partial charge in [0.1, 0.15) is 11.3 Å². The average Bonchev–Trinajstić information content (AvgIpc) is 2.51. The highest BCUT2D eigenvalue weighted by molar-refractivity contribution is 5.96. The molecule has 0 amide bonds. The summed E-state index contributed by atoms with van der Waals surface area (Å²) in [4.78, 5) is 11.3. The zero-order valence-electron chi connectivity index (χ0n) is 12.7. The lowest BCUT2D eigenvalue weighted by molar-refractivity contribution is 0.0693. The molecule has 3 aromatic rings. The van der Waals surface area contributed by atoms with Gasteiger partial charge in [-0.1, -0.05) is 54.6 Å². The van der Waals surface area contributed by atoms with Gasteiger partial charge in [0.05, 0.1) is 0 Å². The number of fused-ring (bicyclic) bond motifs is 1. The molecule has 0 aliphatic rings. The molecule has 0 aliphatic heterocycles. The Hall–Kier alpha value is -3.07. The number of carboxylic acid groups (broad SMARTS) is 1. The fraction of sp³-hybridized carbons (Fsp3) is 0.0500. The van der Waals surface area contributed by atoms with Crippen LogP contribution in [0, 0.1) is 6.92 Å². The minimum Gasteiger partial charge on any atom is -0.507 e. The van der Waals surface area contributed by atoms with Gasteiger partial charge in [0.25, 0.3) is 0 Å². The Kier molecular flexibility index (Phi) is 3.85. The quantitative estimate of drug-likeness (QED) is 0.688. The van der Waals surface area contributed by atoms with Gasteiger partial charge in [-0.25, -0.2) is 4.79 Å². The molecule has 114 valence electrons. The summed E-state index contributed by atoms with van der Waals surface area (Å²) >= 11 is 0. The van der Waals surface area contributed by atoms with E-state index in [1.165, 1.54) is 6.07 Å². The van der Waals surface area contributed by atoms with Crippen LogP contribution in [0.2, 0.25) is 0 Å². The van der Waals surface area contributed by atoms with Gasteiger partial charge in [-0.2, -0.15) is 0 Å². The van der Waals surface area contributed by atoms with Crippen LogP contribution in [0.3, 0.4) is 0 Å². The molecule has 0 saturated heterocycles. The second kappa shape index (κ2) is 5.97. The summed E-state index contributed by atoms with van der Waals surface area (Å²) in [6.45, 7) is 1.82. The topological polar surface area (TPSA) is 57.5 Å². The van der Waals surface area contributed by atoms with Gasteiger partial charge in [-0.3, -0.25) is 0 Å². The summed E-state index contributed by atoms with van der Waals surface area (Å²) in [6, 6.07) is 17.3. The molecule has 0 spiro atoms. The number of hydrogen-bond donors (Lipinski definition) is 2. The predicted molar refractivity (Wildman–Crippen MR) is 92.7 cm³/mol. The van der Waals surface area contributed by atoms with Crippen LogP contribution in [0.25, 0.3) is 22.9 Å². The largest absolute Gasteiger partial charge is 0.507 e. The smallest absolute Gasteiger partial charge is 0.340 e. The predicted octanol–water partition coefficient (Wildman–Crippen LogP) is 4.72. The third-order valence-electron chi connectivity index (χ3n) is 3.74. The first kappa shape index (κ1) is 14.9. The Labute approximate surface area is 134 Å². The van der Waals surface area contributed by atoms with E-state index in [0.29, 0.717) is 5.56 Å². The molecule has 0 aromatic heterocycles. The van der Waals surface area contributed by atoms with Gasteiger partial charge in [0.15, 0.2) is 0 Å². The fourth-order valence-electron chi connectivity index (χ4n) is 2.66. The second-order valence-corrected chi connectivity index (χ2v) is 5.49. The maximum absolute atomic E-state index is 11.3. The van der Waals surface area contributed by atoms with Crippen molar-refractivity contribution in [3.63, 3.8) is 0 Å². The first-order valence-corrected chi connectivity index (χ1v) is 7.28. The van der Waals surface area contributed by atoms with Crippen molar-refractivity contribution in [1.29, 1.82) is 0 Å². The lowest BCUT2D eigenvalue weighted by Gasteiger charge is -2.06. The van der Waals surface area contributed by atoms with E-state index in [-0.39, 0.29) is 11.3 Å². The molecule has 0 saturated carbocycles. The van der Waals surface area contributed by atoms with Crippen molar-refractivity contribution in [2.45, 2.75) is 6.92 Å². The zero-order valence-corrected chi connectivity index (χ0v) is 12.7. The molecule has 0 unspecified atom stereocenters. The molecule has 3 heteroatoms. The average molecular weight is 304 g/mol. The number of carboxylic acids is 1. The minimum atomic E-state index is -1.14. The SMILES string of the molecule is Cc1cc(O)c(C(=O)O)c(C=Cc2ccc3ccccc3c2)c1. The Morgan fingerprint density at radius 2 is 1.70 bits per heavy atom. The van der Waals surface area contributed by atoms with E-state index >= 15 is 0 Å². The van der Waals surface area contributed by atoms with Crippen LogP contribution in [-0.2, 0) is 0 Å². The number of aromatic carboxylic acids is 1. The Morgan fingerprint density at radius 1 is 0.957 bits per heavy atom. The third-order valence-corrected chi connectivity index (χ3v) is 3.74. The number of carbonyl (C=O) groups is 1. The standard InChI is InChI=1S/C20H16O3/c1-13-10-17(19(20(22)23)18(21)11-13)9-7-14-6-8-15-4-2-3-5-16(15)12-14/h2-12,21H,1H3,(H,22,23). The molecule has 0 heterocycles. The minimum absolute atomic E-state index is 0.0763. The number of benzene rings is 3. The van der Waals surface area contributed by atoms with Crippen LogP contribution in [-0.4, -0.2) is 16.2 Å². The maximum Gasteiger partial charge on any atom is 0.340 e. The van der Waals surface area contributed by atoms with Gasteiger partial charge in [0, 0.05) is 0 Å². The van der Waals surface area contributed by atoms with Crippen molar-refractivity contribution in [3.8, 4) is 5.75 Å². The van der Waals surface area contributed by atoms with E-state index in [0.717, 1.165) is 21.9 Å². The lowest BCUT2D eigenvalue weighted by atomic mass is 10.0. The highest BCUT2D eigenvalue weighted by Gasteiger charge is 2.14. The van der Waals surface area contributed by atoms with Crippen molar-refractivity contribution in [2.75, 3.05) is 0 Å². The Morgan fingerprint density at radius 3 is 2.43 bits per heavy atom. The van der Waals surface area contributed by atoms with Crippen molar-refractivity contribution < 1.29 is 15.0 Å². The van der Waals surface area contributed by atoms with Gasteiger partial charge in [-0.15, -0.1) is 0 Å². The van der Waals surface area contributed by atoms with E-state index < -0.39 is 5.97 Å². The van der Waals surface area contributed by atoms with Gasteiger partial charge < -0.3 is 10.2 Å². The fourth-order valence-corrected chi connectivity index (χ4v) is 2.66. The molecule has 0 fully saturated rings.